The number of halogens is 5. The first-order chi connectivity index (χ1) is 8.68. The molecular formula is C9H4F5N3O2. The average Bonchev–Trinajstić information content (AvgIpc) is 2.27. The van der Waals surface area contributed by atoms with Crippen LogP contribution in [0.3, 0.4) is 0 Å². The lowest BCUT2D eigenvalue weighted by Gasteiger charge is -2.11. The van der Waals surface area contributed by atoms with E-state index in [1.807, 2.05) is 0 Å². The first-order valence-electron chi connectivity index (χ1n) is 4.59. The molecule has 0 aromatic carbocycles. The van der Waals surface area contributed by atoms with Crippen LogP contribution in [0.15, 0.2) is 6.07 Å². The van der Waals surface area contributed by atoms with Crippen LogP contribution in [0, 0.1) is 21.4 Å². The molecule has 0 amide bonds. The van der Waals surface area contributed by atoms with Gasteiger partial charge in [0.2, 0.25) is 0 Å². The monoisotopic (exact) mass is 281 g/mol. The first-order valence-corrected chi connectivity index (χ1v) is 4.59. The topological polar surface area (TPSA) is 79.8 Å². The highest BCUT2D eigenvalue weighted by Gasteiger charge is 2.37. The van der Waals surface area contributed by atoms with Crippen molar-refractivity contribution in [3.8, 4) is 6.07 Å². The molecular weight excluding hydrogens is 277 g/mol. The molecule has 1 aromatic heterocycles. The van der Waals surface area contributed by atoms with Crippen LogP contribution in [-0.4, -0.2) is 9.91 Å². The van der Waals surface area contributed by atoms with Crippen LogP contribution in [0.2, 0.25) is 0 Å². The number of aromatic nitrogens is 1. The van der Waals surface area contributed by atoms with Gasteiger partial charge in [-0.15, -0.1) is 0 Å². The molecule has 102 valence electrons. The molecule has 0 atom stereocenters. The highest BCUT2D eigenvalue weighted by atomic mass is 19.4. The zero-order valence-electron chi connectivity index (χ0n) is 8.91. The van der Waals surface area contributed by atoms with E-state index in [4.69, 9.17) is 5.26 Å². The van der Waals surface area contributed by atoms with Gasteiger partial charge in [0.15, 0.2) is 5.69 Å². The standard InChI is InChI=1S/C9H4F5N3O2/c10-8(11)7-4(1-2-15)5(17(18)19)3-6(16-7)9(12,13)14/h3,8H,1H2. The molecule has 0 N–H and O–H groups in total. The van der Waals surface area contributed by atoms with E-state index in [2.05, 4.69) is 4.98 Å². The summed E-state index contributed by atoms with van der Waals surface area (Å²) in [6.07, 6.45) is -9.38. The third-order valence-corrected chi connectivity index (χ3v) is 2.08. The second-order valence-corrected chi connectivity index (χ2v) is 3.28. The largest absolute Gasteiger partial charge is 0.433 e. The summed E-state index contributed by atoms with van der Waals surface area (Å²) in [5.74, 6) is 0. The van der Waals surface area contributed by atoms with Crippen molar-refractivity contribution in [1.82, 2.24) is 4.98 Å². The minimum absolute atomic E-state index is 0.0402. The highest BCUT2D eigenvalue weighted by molar-refractivity contribution is 5.46. The van der Waals surface area contributed by atoms with Gasteiger partial charge in [0.1, 0.15) is 5.69 Å². The van der Waals surface area contributed by atoms with E-state index in [0.717, 1.165) is 0 Å². The van der Waals surface area contributed by atoms with Crippen molar-refractivity contribution in [2.45, 2.75) is 19.0 Å². The number of rotatable bonds is 3. The fourth-order valence-corrected chi connectivity index (χ4v) is 1.33. The molecule has 0 saturated heterocycles. The van der Waals surface area contributed by atoms with E-state index in [9.17, 15) is 32.1 Å². The fraction of sp³-hybridized carbons (Fsp3) is 0.333. The van der Waals surface area contributed by atoms with Crippen molar-refractivity contribution in [2.75, 3.05) is 0 Å². The van der Waals surface area contributed by atoms with Crippen LogP contribution in [0.4, 0.5) is 27.6 Å². The maximum Gasteiger partial charge on any atom is 0.433 e. The minimum Gasteiger partial charge on any atom is -0.258 e. The molecule has 0 aliphatic rings. The Morgan fingerprint density at radius 2 is 2.05 bits per heavy atom. The molecule has 1 aromatic rings. The molecule has 0 aliphatic carbocycles. The third kappa shape index (κ3) is 3.12. The number of nitro groups is 1. The summed E-state index contributed by atoms with van der Waals surface area (Å²) < 4.78 is 62.4. The molecule has 10 heteroatoms. The molecule has 1 heterocycles. The van der Waals surface area contributed by atoms with E-state index in [-0.39, 0.29) is 6.07 Å². The summed E-state index contributed by atoms with van der Waals surface area (Å²) in [6, 6.07) is 1.41. The molecule has 0 fully saturated rings. The zero-order valence-corrected chi connectivity index (χ0v) is 8.91. The van der Waals surface area contributed by atoms with Crippen molar-refractivity contribution in [3.05, 3.63) is 33.1 Å². The third-order valence-electron chi connectivity index (χ3n) is 2.08. The molecule has 19 heavy (non-hydrogen) atoms. The van der Waals surface area contributed by atoms with Gasteiger partial charge in [-0.3, -0.25) is 10.1 Å². The quantitative estimate of drug-likeness (QED) is 0.484. The van der Waals surface area contributed by atoms with Crippen LogP contribution in [0.25, 0.3) is 0 Å². The van der Waals surface area contributed by atoms with E-state index < -0.39 is 46.6 Å². The molecule has 0 aliphatic heterocycles. The van der Waals surface area contributed by atoms with Crippen LogP contribution >= 0.6 is 0 Å². The van der Waals surface area contributed by atoms with Crippen molar-refractivity contribution in [2.24, 2.45) is 0 Å². The summed E-state index contributed by atoms with van der Waals surface area (Å²) >= 11 is 0. The number of hydrogen-bond acceptors (Lipinski definition) is 4. The number of nitrogens with zero attached hydrogens (tertiary/aromatic N) is 3. The number of nitriles is 1. The van der Waals surface area contributed by atoms with Crippen molar-refractivity contribution >= 4 is 5.69 Å². The van der Waals surface area contributed by atoms with Crippen LogP contribution in [0.5, 0.6) is 0 Å². The van der Waals surface area contributed by atoms with E-state index in [1.165, 1.54) is 6.07 Å². The lowest BCUT2D eigenvalue weighted by Crippen LogP contribution is -2.13. The first kappa shape index (κ1) is 14.7. The van der Waals surface area contributed by atoms with Gasteiger partial charge in [-0.05, 0) is 0 Å². The summed E-state index contributed by atoms with van der Waals surface area (Å²) in [5.41, 5.74) is -5.20. The normalized spacial score (nSPS) is 11.4. The molecule has 0 unspecified atom stereocenters. The smallest absolute Gasteiger partial charge is 0.258 e. The Bertz CT molecular complexity index is 550. The van der Waals surface area contributed by atoms with Gasteiger partial charge < -0.3 is 0 Å². The maximum absolute atomic E-state index is 12.6. The zero-order chi connectivity index (χ0) is 14.8. The Labute approximate surface area is 102 Å². The predicted molar refractivity (Wildman–Crippen MR) is 50.2 cm³/mol. The van der Waals surface area contributed by atoms with Crippen LogP contribution < -0.4 is 0 Å². The van der Waals surface area contributed by atoms with Gasteiger partial charge in [0.25, 0.3) is 12.1 Å². The van der Waals surface area contributed by atoms with E-state index >= 15 is 0 Å². The Morgan fingerprint density at radius 3 is 2.42 bits per heavy atom. The number of hydrogen-bond donors (Lipinski definition) is 0. The Hall–Kier alpha value is -2.31. The molecule has 0 radical (unpaired) electrons. The summed E-state index contributed by atoms with van der Waals surface area (Å²) in [6.45, 7) is 0. The fourth-order valence-electron chi connectivity index (χ4n) is 1.33. The second kappa shape index (κ2) is 5.13. The summed E-state index contributed by atoms with van der Waals surface area (Å²) in [4.78, 5) is 12.0. The highest BCUT2D eigenvalue weighted by Crippen LogP contribution is 2.35. The molecule has 0 bridgehead atoms. The Kier molecular flexibility index (Phi) is 3.98. The van der Waals surface area contributed by atoms with E-state index in [0.29, 0.717) is 0 Å². The van der Waals surface area contributed by atoms with Crippen molar-refractivity contribution in [1.29, 1.82) is 5.26 Å². The van der Waals surface area contributed by atoms with Crippen LogP contribution in [0.1, 0.15) is 23.4 Å². The second-order valence-electron chi connectivity index (χ2n) is 3.28. The Morgan fingerprint density at radius 1 is 1.47 bits per heavy atom. The molecule has 1 rings (SSSR count). The molecule has 0 saturated carbocycles. The molecule has 0 spiro atoms. The summed E-state index contributed by atoms with van der Waals surface area (Å²) in [5, 5.41) is 19.0. The predicted octanol–water partition coefficient (Wildman–Crippen LogP) is 3.01. The average molecular weight is 281 g/mol. The SMILES string of the molecule is N#CCc1c([N+](=O)[O-])cc(C(F)(F)F)nc1C(F)F. The Balaban J connectivity index is 3.63. The number of alkyl halides is 5. The van der Waals surface area contributed by atoms with Gasteiger partial charge in [-0.1, -0.05) is 0 Å². The van der Waals surface area contributed by atoms with Gasteiger partial charge >= 0.3 is 6.18 Å². The molecule has 5 nitrogen and oxygen atoms in total. The lowest BCUT2D eigenvalue weighted by atomic mass is 10.1. The van der Waals surface area contributed by atoms with Gasteiger partial charge in [0.05, 0.1) is 23.0 Å². The number of pyridine rings is 1. The minimum atomic E-state index is -5.10. The lowest BCUT2D eigenvalue weighted by molar-refractivity contribution is -0.385. The van der Waals surface area contributed by atoms with Crippen LogP contribution in [-0.2, 0) is 12.6 Å². The van der Waals surface area contributed by atoms with Crippen molar-refractivity contribution < 1.29 is 26.9 Å². The van der Waals surface area contributed by atoms with Gasteiger partial charge in [-0.2, -0.15) is 18.4 Å². The van der Waals surface area contributed by atoms with Crippen molar-refractivity contribution in [3.63, 3.8) is 0 Å². The summed E-state index contributed by atoms with van der Waals surface area (Å²) in [7, 11) is 0. The van der Waals surface area contributed by atoms with Gasteiger partial charge in [-0.25, -0.2) is 13.8 Å². The van der Waals surface area contributed by atoms with Gasteiger partial charge in [0, 0.05) is 6.07 Å². The van der Waals surface area contributed by atoms with E-state index in [1.54, 1.807) is 0 Å². The maximum atomic E-state index is 12.6.